The van der Waals surface area contributed by atoms with Crippen LogP contribution in [0.25, 0.3) is 6.08 Å². The van der Waals surface area contributed by atoms with Crippen molar-refractivity contribution in [3.63, 3.8) is 0 Å². The molecule has 0 spiro atoms. The van der Waals surface area contributed by atoms with E-state index in [2.05, 4.69) is 59.8 Å². The molecule has 2 saturated heterocycles. The van der Waals surface area contributed by atoms with Gasteiger partial charge in [0, 0.05) is 36.8 Å². The van der Waals surface area contributed by atoms with Crippen molar-refractivity contribution < 1.29 is 4.79 Å². The highest BCUT2D eigenvalue weighted by atomic mass is 16.1. The number of likely N-dealkylation sites (tertiary alicyclic amines) is 2. The molecule has 4 nitrogen and oxygen atoms in total. The normalized spacial score (nSPS) is 23.9. The van der Waals surface area contributed by atoms with Crippen LogP contribution in [0, 0.1) is 12.3 Å². The summed E-state index contributed by atoms with van der Waals surface area (Å²) in [7, 11) is 0. The van der Waals surface area contributed by atoms with Crippen molar-refractivity contribution in [3.05, 3.63) is 71.1 Å². The summed E-state index contributed by atoms with van der Waals surface area (Å²) in [6, 6.07) is 14.5. The van der Waals surface area contributed by atoms with Crippen molar-refractivity contribution in [2.45, 2.75) is 46.1 Å². The van der Waals surface area contributed by atoms with Crippen molar-refractivity contribution in [3.8, 4) is 0 Å². The van der Waals surface area contributed by atoms with Crippen LogP contribution in [0.1, 0.15) is 56.0 Å². The highest BCUT2D eigenvalue weighted by Gasteiger charge is 2.43. The molecule has 2 aliphatic heterocycles. The summed E-state index contributed by atoms with van der Waals surface area (Å²) in [5.41, 5.74) is 3.72. The van der Waals surface area contributed by atoms with Gasteiger partial charge in [0.1, 0.15) is 0 Å². The van der Waals surface area contributed by atoms with Gasteiger partial charge in [-0.3, -0.25) is 14.7 Å². The van der Waals surface area contributed by atoms with Crippen molar-refractivity contribution >= 4 is 11.9 Å². The number of pyridine rings is 1. The highest BCUT2D eigenvalue weighted by Crippen LogP contribution is 2.41. The molecule has 31 heavy (non-hydrogen) atoms. The Morgan fingerprint density at radius 2 is 1.77 bits per heavy atom. The van der Waals surface area contributed by atoms with E-state index in [9.17, 15) is 4.79 Å². The van der Waals surface area contributed by atoms with Gasteiger partial charge in [-0.15, -0.1) is 0 Å². The summed E-state index contributed by atoms with van der Waals surface area (Å²) < 4.78 is 0. The lowest BCUT2D eigenvalue weighted by Crippen LogP contribution is -2.51. The number of ketones is 1. The van der Waals surface area contributed by atoms with Crippen LogP contribution in [-0.4, -0.2) is 53.3 Å². The van der Waals surface area contributed by atoms with Crippen LogP contribution in [0.2, 0.25) is 0 Å². The first-order chi connectivity index (χ1) is 14.9. The first kappa shape index (κ1) is 21.9. The molecule has 1 aromatic heterocycles. The fraction of sp³-hybridized carbons (Fsp3) is 0.481. The summed E-state index contributed by atoms with van der Waals surface area (Å²) in [6.07, 6.45) is 7.76. The number of hydrogen-bond acceptors (Lipinski definition) is 4. The molecule has 3 heterocycles. The summed E-state index contributed by atoms with van der Waals surface area (Å²) in [6.45, 7) is 11.5. The molecule has 164 valence electrons. The standard InChI is InChI=1S/C27H35N3O/c1-21-10-12-22(13-11-21)25-24(19-23-9-5-6-14-28-23)26(31)27(2,3)20-30(25)18-17-29-15-7-4-8-16-29/h5-6,9-14,19,25H,4,7-8,15-18,20H2,1-3H3. The first-order valence-corrected chi connectivity index (χ1v) is 11.6. The number of rotatable bonds is 5. The second-order valence-corrected chi connectivity index (χ2v) is 9.75. The topological polar surface area (TPSA) is 36.4 Å². The van der Waals surface area contributed by atoms with Gasteiger partial charge in [-0.2, -0.15) is 0 Å². The largest absolute Gasteiger partial charge is 0.302 e. The predicted octanol–water partition coefficient (Wildman–Crippen LogP) is 4.91. The van der Waals surface area contributed by atoms with Gasteiger partial charge in [-0.25, -0.2) is 0 Å². The van der Waals surface area contributed by atoms with Gasteiger partial charge in [0.05, 0.1) is 11.7 Å². The van der Waals surface area contributed by atoms with Gasteiger partial charge in [-0.05, 0) is 56.6 Å². The lowest BCUT2D eigenvalue weighted by molar-refractivity contribution is -0.128. The summed E-state index contributed by atoms with van der Waals surface area (Å²) in [4.78, 5) is 23.2. The number of carbonyl (C=O) groups is 1. The van der Waals surface area contributed by atoms with E-state index >= 15 is 0 Å². The van der Waals surface area contributed by atoms with Crippen molar-refractivity contribution in [1.82, 2.24) is 14.8 Å². The van der Waals surface area contributed by atoms with Crippen LogP contribution >= 0.6 is 0 Å². The van der Waals surface area contributed by atoms with Gasteiger partial charge in [0.15, 0.2) is 5.78 Å². The molecule has 1 unspecified atom stereocenters. The fourth-order valence-electron chi connectivity index (χ4n) is 4.95. The first-order valence-electron chi connectivity index (χ1n) is 11.6. The molecule has 0 amide bonds. The number of aryl methyl sites for hydroxylation is 1. The van der Waals surface area contributed by atoms with Crippen LogP contribution in [0.3, 0.4) is 0 Å². The third kappa shape index (κ3) is 5.13. The number of hydrogen-bond donors (Lipinski definition) is 0. The number of carbonyl (C=O) groups excluding carboxylic acids is 1. The van der Waals surface area contributed by atoms with E-state index in [4.69, 9.17) is 0 Å². The molecule has 0 saturated carbocycles. The highest BCUT2D eigenvalue weighted by molar-refractivity contribution is 6.05. The average Bonchev–Trinajstić information content (AvgIpc) is 2.78. The predicted molar refractivity (Wildman–Crippen MR) is 127 cm³/mol. The quantitative estimate of drug-likeness (QED) is 0.648. The summed E-state index contributed by atoms with van der Waals surface area (Å²) >= 11 is 0. The Hall–Kier alpha value is -2.30. The molecular formula is C27H35N3O. The molecule has 2 fully saturated rings. The fourth-order valence-corrected chi connectivity index (χ4v) is 4.95. The van der Waals surface area contributed by atoms with Crippen molar-refractivity contribution in [2.75, 3.05) is 32.7 Å². The van der Waals surface area contributed by atoms with Crippen molar-refractivity contribution in [1.29, 1.82) is 0 Å². The lowest BCUT2D eigenvalue weighted by Gasteiger charge is -2.45. The van der Waals surface area contributed by atoms with Gasteiger partial charge in [0.25, 0.3) is 0 Å². The number of nitrogens with zero attached hydrogens (tertiary/aromatic N) is 3. The molecule has 0 bridgehead atoms. The van der Waals surface area contributed by atoms with Gasteiger partial charge < -0.3 is 4.90 Å². The summed E-state index contributed by atoms with van der Waals surface area (Å²) in [5.74, 6) is 0.234. The van der Waals surface area contributed by atoms with Gasteiger partial charge >= 0.3 is 0 Å². The van der Waals surface area contributed by atoms with Crippen LogP contribution in [0.4, 0.5) is 0 Å². The molecule has 4 rings (SSSR count). The van der Waals surface area contributed by atoms with E-state index < -0.39 is 5.41 Å². The molecule has 1 aromatic carbocycles. The maximum absolute atomic E-state index is 13.6. The second kappa shape index (κ2) is 9.46. The third-order valence-corrected chi connectivity index (χ3v) is 6.67. The average molecular weight is 418 g/mol. The van der Waals surface area contributed by atoms with E-state index in [0.29, 0.717) is 0 Å². The maximum atomic E-state index is 13.6. The van der Waals surface area contributed by atoms with E-state index in [-0.39, 0.29) is 11.8 Å². The minimum atomic E-state index is -0.413. The van der Waals surface area contributed by atoms with Crippen molar-refractivity contribution in [2.24, 2.45) is 5.41 Å². The monoisotopic (exact) mass is 417 g/mol. The number of Topliss-reactive ketones (excluding diaryl/α,β-unsaturated/α-hetero) is 1. The minimum Gasteiger partial charge on any atom is -0.302 e. The zero-order valence-corrected chi connectivity index (χ0v) is 19.2. The SMILES string of the molecule is Cc1ccc(C2C(=Cc3ccccn3)C(=O)C(C)(C)CN2CCN2CCCCC2)cc1. The minimum absolute atomic E-state index is 0.0343. The Morgan fingerprint density at radius 3 is 2.45 bits per heavy atom. The van der Waals surface area contributed by atoms with E-state index in [1.807, 2.05) is 24.3 Å². The molecule has 0 radical (unpaired) electrons. The smallest absolute Gasteiger partial charge is 0.167 e. The lowest BCUT2D eigenvalue weighted by atomic mass is 9.74. The Balaban J connectivity index is 1.71. The Bertz CT molecular complexity index is 911. The molecule has 1 atom stereocenters. The molecule has 4 heteroatoms. The van der Waals surface area contributed by atoms with Crippen LogP contribution in [0.15, 0.2) is 54.2 Å². The molecule has 2 aliphatic rings. The Morgan fingerprint density at radius 1 is 1.03 bits per heavy atom. The molecular weight excluding hydrogens is 382 g/mol. The van der Waals surface area contributed by atoms with Crippen LogP contribution < -0.4 is 0 Å². The zero-order chi connectivity index (χ0) is 21.8. The number of piperidine rings is 2. The maximum Gasteiger partial charge on any atom is 0.167 e. The van der Waals surface area contributed by atoms with Crippen LogP contribution in [0.5, 0.6) is 0 Å². The summed E-state index contributed by atoms with van der Waals surface area (Å²) in [5, 5.41) is 0. The Labute approximate surface area is 187 Å². The molecule has 0 N–H and O–H groups in total. The number of benzene rings is 1. The van der Waals surface area contributed by atoms with Crippen LogP contribution in [-0.2, 0) is 4.79 Å². The zero-order valence-electron chi connectivity index (χ0n) is 19.2. The molecule has 2 aromatic rings. The second-order valence-electron chi connectivity index (χ2n) is 9.75. The van der Waals surface area contributed by atoms with Gasteiger partial charge in [0.2, 0.25) is 0 Å². The van der Waals surface area contributed by atoms with E-state index in [0.717, 1.165) is 30.9 Å². The number of aromatic nitrogens is 1. The third-order valence-electron chi connectivity index (χ3n) is 6.67. The Kier molecular flexibility index (Phi) is 6.68. The van der Waals surface area contributed by atoms with E-state index in [1.165, 1.54) is 43.5 Å². The van der Waals surface area contributed by atoms with E-state index in [1.54, 1.807) is 6.20 Å². The molecule has 0 aliphatic carbocycles. The van der Waals surface area contributed by atoms with Gasteiger partial charge in [-0.1, -0.05) is 56.2 Å².